The highest BCUT2D eigenvalue weighted by atomic mass is 16.2. The number of nitrogens with zero attached hydrogens (tertiary/aromatic N) is 2. The minimum absolute atomic E-state index is 0.116. The first-order valence-corrected chi connectivity index (χ1v) is 10.6. The summed E-state index contributed by atoms with van der Waals surface area (Å²) in [7, 11) is 0. The molecule has 1 aliphatic carbocycles. The average Bonchev–Trinajstić information content (AvgIpc) is 3.01. The molecule has 0 radical (unpaired) electrons. The van der Waals surface area contributed by atoms with Crippen LogP contribution in [0.4, 0.5) is 0 Å². The lowest BCUT2D eigenvalue weighted by molar-refractivity contribution is 0.0553. The van der Waals surface area contributed by atoms with Gasteiger partial charge in [-0.05, 0) is 56.7 Å². The second kappa shape index (κ2) is 6.70. The number of likely N-dealkylation sites (tertiary alicyclic amines) is 1. The maximum Gasteiger partial charge on any atom is 0.273 e. The quantitative estimate of drug-likeness (QED) is 0.889. The van der Waals surface area contributed by atoms with Gasteiger partial charge in [0.15, 0.2) is 0 Å². The van der Waals surface area contributed by atoms with E-state index in [1.807, 2.05) is 25.1 Å². The molecule has 2 bridgehead atoms. The molecule has 1 aromatic heterocycles. The highest BCUT2D eigenvalue weighted by molar-refractivity contribution is 5.93. The molecule has 4 heteroatoms. The fraction of sp³-hybridized carbons (Fsp3) is 0.500. The molecule has 2 aliphatic heterocycles. The van der Waals surface area contributed by atoms with E-state index >= 15 is 0 Å². The number of aryl methyl sites for hydroxylation is 1. The molecule has 4 nitrogen and oxygen atoms in total. The van der Waals surface area contributed by atoms with Crippen LogP contribution in [0.1, 0.15) is 54.4 Å². The van der Waals surface area contributed by atoms with E-state index in [1.54, 1.807) is 0 Å². The minimum atomic E-state index is 0.116. The molecule has 1 saturated carbocycles. The smallest absolute Gasteiger partial charge is 0.273 e. The number of rotatable bonds is 3. The van der Waals surface area contributed by atoms with E-state index < -0.39 is 0 Å². The van der Waals surface area contributed by atoms with Gasteiger partial charge in [-0.3, -0.25) is 4.79 Å². The number of hydrogen-bond donors (Lipinski definition) is 1. The molecule has 3 aliphatic rings. The molecule has 3 heterocycles. The van der Waals surface area contributed by atoms with E-state index in [1.165, 1.54) is 18.4 Å². The Hall–Kier alpha value is -2.20. The molecule has 2 aromatic rings. The molecule has 146 valence electrons. The van der Waals surface area contributed by atoms with Crippen molar-refractivity contribution in [2.75, 3.05) is 0 Å². The number of nitrogens with one attached hydrogen (secondary N) is 1. The van der Waals surface area contributed by atoms with Crippen LogP contribution in [0.25, 0.3) is 0 Å². The standard InChI is InChI=1S/C24H29N3O/c1-16-8-6-11-18(25-16)23(28)27-20-15-24(2)21(12-7-13-22(24)27)26-19(20)14-17-9-4-3-5-10-17/h3-6,8-11,19-22,26H,7,12-15H2,1-2H3/t19-,20+,21-,22+,24-/m1/s1. The topological polar surface area (TPSA) is 45.2 Å². The lowest BCUT2D eigenvalue weighted by Crippen LogP contribution is -2.58. The lowest BCUT2D eigenvalue weighted by Gasteiger charge is -2.46. The van der Waals surface area contributed by atoms with Crippen LogP contribution < -0.4 is 5.32 Å². The molecular weight excluding hydrogens is 346 g/mol. The zero-order valence-electron chi connectivity index (χ0n) is 16.8. The molecule has 1 amide bonds. The van der Waals surface area contributed by atoms with Crippen molar-refractivity contribution >= 4 is 5.91 Å². The van der Waals surface area contributed by atoms with Crippen molar-refractivity contribution in [1.82, 2.24) is 15.2 Å². The minimum Gasteiger partial charge on any atom is -0.329 e. The first-order chi connectivity index (χ1) is 13.6. The highest BCUT2D eigenvalue weighted by Crippen LogP contribution is 2.53. The summed E-state index contributed by atoms with van der Waals surface area (Å²) in [4.78, 5) is 20.4. The van der Waals surface area contributed by atoms with Crippen LogP contribution in [-0.4, -0.2) is 40.0 Å². The Kier molecular flexibility index (Phi) is 4.27. The predicted molar refractivity (Wildman–Crippen MR) is 110 cm³/mol. The summed E-state index contributed by atoms with van der Waals surface area (Å²) >= 11 is 0. The fourth-order valence-corrected chi connectivity index (χ4v) is 6.05. The monoisotopic (exact) mass is 375 g/mol. The maximum atomic E-state index is 13.6. The number of carbonyl (C=O) groups excluding carboxylic acids is 1. The molecule has 28 heavy (non-hydrogen) atoms. The average molecular weight is 376 g/mol. The van der Waals surface area contributed by atoms with Gasteiger partial charge in [-0.15, -0.1) is 0 Å². The summed E-state index contributed by atoms with van der Waals surface area (Å²) in [6, 6.07) is 17.8. The molecule has 0 unspecified atom stereocenters. The Morgan fingerprint density at radius 1 is 1.18 bits per heavy atom. The normalized spacial score (nSPS) is 33.7. The highest BCUT2D eigenvalue weighted by Gasteiger charge is 2.61. The Morgan fingerprint density at radius 3 is 2.79 bits per heavy atom. The van der Waals surface area contributed by atoms with Gasteiger partial charge in [-0.2, -0.15) is 0 Å². The lowest BCUT2D eigenvalue weighted by atomic mass is 9.65. The summed E-state index contributed by atoms with van der Waals surface area (Å²) in [5.74, 6) is 0.116. The van der Waals surface area contributed by atoms with Crippen molar-refractivity contribution in [2.24, 2.45) is 5.41 Å². The molecule has 0 spiro atoms. The van der Waals surface area contributed by atoms with Gasteiger partial charge in [-0.1, -0.05) is 43.3 Å². The van der Waals surface area contributed by atoms with Crippen molar-refractivity contribution < 1.29 is 4.79 Å². The van der Waals surface area contributed by atoms with Gasteiger partial charge in [-0.25, -0.2) is 4.98 Å². The summed E-state index contributed by atoms with van der Waals surface area (Å²) in [6.07, 6.45) is 5.59. The summed E-state index contributed by atoms with van der Waals surface area (Å²) < 4.78 is 0. The number of fused-ring (bicyclic) bond motifs is 1. The van der Waals surface area contributed by atoms with E-state index in [0.717, 1.165) is 25.0 Å². The third-order valence-electron chi connectivity index (χ3n) is 7.39. The first kappa shape index (κ1) is 17.9. The number of amides is 1. The van der Waals surface area contributed by atoms with Crippen LogP contribution in [-0.2, 0) is 6.42 Å². The van der Waals surface area contributed by atoms with Crippen molar-refractivity contribution in [2.45, 2.75) is 70.1 Å². The number of carbonyl (C=O) groups is 1. The van der Waals surface area contributed by atoms with E-state index in [0.29, 0.717) is 23.8 Å². The zero-order valence-corrected chi connectivity index (χ0v) is 16.8. The van der Waals surface area contributed by atoms with Crippen molar-refractivity contribution in [3.05, 3.63) is 65.5 Å². The molecular formula is C24H29N3O. The number of benzene rings is 1. The Labute approximate surface area is 167 Å². The van der Waals surface area contributed by atoms with E-state index in [4.69, 9.17) is 0 Å². The molecule has 3 fully saturated rings. The molecule has 5 rings (SSSR count). The number of hydrogen-bond acceptors (Lipinski definition) is 3. The number of pyridine rings is 1. The number of piperidine rings is 1. The Balaban J connectivity index is 1.51. The summed E-state index contributed by atoms with van der Waals surface area (Å²) in [6.45, 7) is 4.36. The maximum absolute atomic E-state index is 13.6. The SMILES string of the molecule is Cc1cccc(C(=O)N2[C@H]3CCC[C@H]4N[C@H](Cc5ccccc5)[C@@H]2C[C@@]34C)n1. The van der Waals surface area contributed by atoms with Crippen LogP contribution in [0.5, 0.6) is 0 Å². The zero-order chi connectivity index (χ0) is 19.3. The van der Waals surface area contributed by atoms with Gasteiger partial charge < -0.3 is 10.2 Å². The van der Waals surface area contributed by atoms with E-state index in [2.05, 4.69) is 52.5 Å². The fourth-order valence-electron chi connectivity index (χ4n) is 6.05. The number of aromatic nitrogens is 1. The largest absolute Gasteiger partial charge is 0.329 e. The van der Waals surface area contributed by atoms with Gasteiger partial charge in [0.2, 0.25) is 0 Å². The summed E-state index contributed by atoms with van der Waals surface area (Å²) in [5, 5.41) is 3.97. The summed E-state index contributed by atoms with van der Waals surface area (Å²) in [5.41, 5.74) is 3.01. The van der Waals surface area contributed by atoms with E-state index in [9.17, 15) is 4.79 Å². The molecule has 2 saturated heterocycles. The Morgan fingerprint density at radius 2 is 2.00 bits per heavy atom. The molecule has 1 N–H and O–H groups in total. The van der Waals surface area contributed by atoms with Crippen LogP contribution in [0.2, 0.25) is 0 Å². The first-order valence-electron chi connectivity index (χ1n) is 10.6. The van der Waals surface area contributed by atoms with Gasteiger partial charge in [0, 0.05) is 35.3 Å². The van der Waals surface area contributed by atoms with Crippen molar-refractivity contribution in [3.8, 4) is 0 Å². The third-order valence-corrected chi connectivity index (χ3v) is 7.39. The van der Waals surface area contributed by atoms with Gasteiger partial charge in [0.1, 0.15) is 5.69 Å². The van der Waals surface area contributed by atoms with Crippen LogP contribution in [0.15, 0.2) is 48.5 Å². The predicted octanol–water partition coefficient (Wildman–Crippen LogP) is 3.75. The Bertz CT molecular complexity index is 882. The second-order valence-electron chi connectivity index (χ2n) is 9.12. The van der Waals surface area contributed by atoms with Crippen molar-refractivity contribution in [3.63, 3.8) is 0 Å². The van der Waals surface area contributed by atoms with Crippen molar-refractivity contribution in [1.29, 1.82) is 0 Å². The molecule has 1 aromatic carbocycles. The third kappa shape index (κ3) is 2.77. The van der Waals surface area contributed by atoms with E-state index in [-0.39, 0.29) is 17.4 Å². The molecule has 5 atom stereocenters. The second-order valence-corrected chi connectivity index (χ2v) is 9.12. The van der Waals surface area contributed by atoms with Crippen LogP contribution in [0.3, 0.4) is 0 Å². The van der Waals surface area contributed by atoms with Gasteiger partial charge >= 0.3 is 0 Å². The van der Waals surface area contributed by atoms with Crippen LogP contribution in [0, 0.1) is 12.3 Å². The van der Waals surface area contributed by atoms with Crippen LogP contribution >= 0.6 is 0 Å². The van der Waals surface area contributed by atoms with Gasteiger partial charge in [0.25, 0.3) is 5.91 Å². The van der Waals surface area contributed by atoms with Gasteiger partial charge in [0.05, 0.1) is 0 Å².